The molecule has 1 heterocycles. The highest BCUT2D eigenvalue weighted by molar-refractivity contribution is 5.93. The molecule has 7 heteroatoms. The van der Waals surface area contributed by atoms with Gasteiger partial charge in [-0.25, -0.2) is 4.98 Å². The first-order chi connectivity index (χ1) is 15.0. The van der Waals surface area contributed by atoms with Gasteiger partial charge in [0, 0.05) is 6.20 Å². The Balaban J connectivity index is 1.86. The summed E-state index contributed by atoms with van der Waals surface area (Å²) in [5.74, 6) is 2.45. The normalized spacial score (nSPS) is 10.3. The number of pyridine rings is 1. The van der Waals surface area contributed by atoms with Gasteiger partial charge in [-0.1, -0.05) is 23.8 Å². The standard InChI is InChI=1S/C24H26N2O5/c1-17-8-10-19(11-9-17)31-16-23(27)26(22-7-5-6-12-25-22)15-18-13-20(28-2)24(30-4)21(14-18)29-3/h5-14H,15-16H2,1-4H3. The third-order valence-electron chi connectivity index (χ3n) is 4.68. The molecule has 0 aliphatic heterocycles. The predicted molar refractivity (Wildman–Crippen MR) is 118 cm³/mol. The number of hydrogen-bond acceptors (Lipinski definition) is 6. The Hall–Kier alpha value is -3.74. The summed E-state index contributed by atoms with van der Waals surface area (Å²) in [7, 11) is 4.66. The highest BCUT2D eigenvalue weighted by atomic mass is 16.5. The van der Waals surface area contributed by atoms with Crippen LogP contribution in [0.1, 0.15) is 11.1 Å². The van der Waals surface area contributed by atoms with Gasteiger partial charge in [-0.05, 0) is 48.9 Å². The second-order valence-electron chi connectivity index (χ2n) is 6.80. The van der Waals surface area contributed by atoms with Crippen molar-refractivity contribution in [3.8, 4) is 23.0 Å². The monoisotopic (exact) mass is 422 g/mol. The molecule has 7 nitrogen and oxygen atoms in total. The number of carbonyl (C=O) groups excluding carboxylic acids is 1. The second-order valence-corrected chi connectivity index (χ2v) is 6.80. The van der Waals surface area contributed by atoms with Crippen LogP contribution in [0.2, 0.25) is 0 Å². The van der Waals surface area contributed by atoms with E-state index in [0.717, 1.165) is 11.1 Å². The van der Waals surface area contributed by atoms with Crippen molar-refractivity contribution in [2.24, 2.45) is 0 Å². The molecule has 0 N–H and O–H groups in total. The van der Waals surface area contributed by atoms with E-state index in [0.29, 0.717) is 28.8 Å². The molecule has 3 rings (SSSR count). The fraction of sp³-hybridized carbons (Fsp3) is 0.250. The molecule has 0 radical (unpaired) electrons. The highest BCUT2D eigenvalue weighted by Gasteiger charge is 2.21. The first-order valence-corrected chi connectivity index (χ1v) is 9.75. The van der Waals surface area contributed by atoms with Gasteiger partial charge in [0.1, 0.15) is 11.6 Å². The van der Waals surface area contributed by atoms with Crippen LogP contribution < -0.4 is 23.8 Å². The van der Waals surface area contributed by atoms with E-state index in [9.17, 15) is 4.79 Å². The van der Waals surface area contributed by atoms with Crippen molar-refractivity contribution < 1.29 is 23.7 Å². The lowest BCUT2D eigenvalue weighted by Gasteiger charge is -2.23. The second kappa shape index (κ2) is 10.3. The Labute approximate surface area is 182 Å². The molecule has 0 spiro atoms. The van der Waals surface area contributed by atoms with Gasteiger partial charge in [-0.3, -0.25) is 9.69 Å². The van der Waals surface area contributed by atoms with E-state index in [2.05, 4.69) is 4.98 Å². The van der Waals surface area contributed by atoms with E-state index in [1.807, 2.05) is 49.4 Å². The molecule has 0 saturated heterocycles. The molecule has 0 bridgehead atoms. The van der Waals surface area contributed by atoms with E-state index in [-0.39, 0.29) is 19.1 Å². The van der Waals surface area contributed by atoms with E-state index in [1.54, 1.807) is 44.6 Å². The number of carbonyl (C=O) groups is 1. The number of hydrogen-bond donors (Lipinski definition) is 0. The Bertz CT molecular complexity index is 981. The van der Waals surface area contributed by atoms with E-state index in [4.69, 9.17) is 18.9 Å². The van der Waals surface area contributed by atoms with Gasteiger partial charge in [0.15, 0.2) is 18.1 Å². The minimum Gasteiger partial charge on any atom is -0.493 e. The van der Waals surface area contributed by atoms with Crippen LogP contribution in [0.25, 0.3) is 0 Å². The molecule has 2 aromatic carbocycles. The van der Waals surface area contributed by atoms with Crippen molar-refractivity contribution in [1.29, 1.82) is 0 Å². The van der Waals surface area contributed by atoms with Crippen LogP contribution in [0.5, 0.6) is 23.0 Å². The zero-order valence-electron chi connectivity index (χ0n) is 18.1. The zero-order chi connectivity index (χ0) is 22.2. The fourth-order valence-electron chi connectivity index (χ4n) is 3.08. The molecule has 0 atom stereocenters. The molecule has 0 aliphatic carbocycles. The summed E-state index contributed by atoms with van der Waals surface area (Å²) in [5.41, 5.74) is 1.92. The number of nitrogens with zero attached hydrogens (tertiary/aromatic N) is 2. The Morgan fingerprint density at radius 1 is 0.935 bits per heavy atom. The van der Waals surface area contributed by atoms with Gasteiger partial charge in [-0.15, -0.1) is 0 Å². The smallest absolute Gasteiger partial charge is 0.266 e. The lowest BCUT2D eigenvalue weighted by molar-refractivity contribution is -0.120. The SMILES string of the molecule is COc1cc(CN(C(=O)COc2ccc(C)cc2)c2ccccn2)cc(OC)c1OC. The number of methoxy groups -OCH3 is 3. The third kappa shape index (κ3) is 5.45. The van der Waals surface area contributed by atoms with Crippen molar-refractivity contribution in [2.75, 3.05) is 32.8 Å². The number of rotatable bonds is 9. The van der Waals surface area contributed by atoms with Crippen LogP contribution in [-0.2, 0) is 11.3 Å². The molecule has 1 amide bonds. The molecular formula is C24H26N2O5. The largest absolute Gasteiger partial charge is 0.493 e. The van der Waals surface area contributed by atoms with E-state index < -0.39 is 0 Å². The number of ether oxygens (including phenoxy) is 4. The minimum atomic E-state index is -0.229. The van der Waals surface area contributed by atoms with Crippen molar-refractivity contribution in [2.45, 2.75) is 13.5 Å². The summed E-state index contributed by atoms with van der Waals surface area (Å²) >= 11 is 0. The van der Waals surface area contributed by atoms with Crippen molar-refractivity contribution >= 4 is 11.7 Å². The van der Waals surface area contributed by atoms with E-state index >= 15 is 0 Å². The van der Waals surface area contributed by atoms with Gasteiger partial charge < -0.3 is 18.9 Å². The first-order valence-electron chi connectivity index (χ1n) is 9.75. The van der Waals surface area contributed by atoms with Gasteiger partial charge in [0.05, 0.1) is 27.9 Å². The number of amides is 1. The molecule has 0 saturated carbocycles. The maximum Gasteiger partial charge on any atom is 0.266 e. The molecule has 31 heavy (non-hydrogen) atoms. The number of benzene rings is 2. The molecule has 0 aliphatic rings. The molecular weight excluding hydrogens is 396 g/mol. The van der Waals surface area contributed by atoms with Crippen LogP contribution in [0.4, 0.5) is 5.82 Å². The molecule has 162 valence electrons. The molecule has 0 fully saturated rings. The van der Waals surface area contributed by atoms with Gasteiger partial charge in [0.25, 0.3) is 5.91 Å². The average Bonchev–Trinajstić information content (AvgIpc) is 2.81. The summed E-state index contributed by atoms with van der Waals surface area (Å²) in [6.07, 6.45) is 1.64. The quantitative estimate of drug-likeness (QED) is 0.519. The summed E-state index contributed by atoms with van der Waals surface area (Å²) in [6.45, 7) is 2.13. The minimum absolute atomic E-state index is 0.121. The zero-order valence-corrected chi connectivity index (χ0v) is 18.1. The van der Waals surface area contributed by atoms with Crippen LogP contribution in [0.3, 0.4) is 0 Å². The first kappa shape index (κ1) is 22.0. The van der Waals surface area contributed by atoms with Crippen molar-refractivity contribution in [3.63, 3.8) is 0 Å². The predicted octanol–water partition coefficient (Wildman–Crippen LogP) is 4.03. The summed E-state index contributed by atoms with van der Waals surface area (Å²) in [5, 5.41) is 0. The van der Waals surface area contributed by atoms with E-state index in [1.165, 1.54) is 0 Å². The third-order valence-corrected chi connectivity index (χ3v) is 4.68. The highest BCUT2D eigenvalue weighted by Crippen LogP contribution is 2.38. The van der Waals surface area contributed by atoms with Crippen LogP contribution >= 0.6 is 0 Å². The molecule has 0 unspecified atom stereocenters. The van der Waals surface area contributed by atoms with Crippen molar-refractivity contribution in [3.05, 3.63) is 71.9 Å². The van der Waals surface area contributed by atoms with Crippen LogP contribution in [0, 0.1) is 6.92 Å². The van der Waals surface area contributed by atoms with Crippen LogP contribution in [0.15, 0.2) is 60.8 Å². The Morgan fingerprint density at radius 3 is 2.16 bits per heavy atom. The summed E-state index contributed by atoms with van der Waals surface area (Å²) in [4.78, 5) is 19.0. The topological polar surface area (TPSA) is 70.1 Å². The van der Waals surface area contributed by atoms with Gasteiger partial charge >= 0.3 is 0 Å². The lowest BCUT2D eigenvalue weighted by Crippen LogP contribution is -2.35. The van der Waals surface area contributed by atoms with Gasteiger partial charge in [0.2, 0.25) is 5.75 Å². The number of anilines is 1. The molecule has 3 aromatic rings. The van der Waals surface area contributed by atoms with Gasteiger partial charge in [-0.2, -0.15) is 0 Å². The maximum absolute atomic E-state index is 13.1. The summed E-state index contributed by atoms with van der Waals surface area (Å²) in [6, 6.07) is 16.6. The Morgan fingerprint density at radius 2 is 1.61 bits per heavy atom. The number of aromatic nitrogens is 1. The molecule has 1 aromatic heterocycles. The Kier molecular flexibility index (Phi) is 7.32. The summed E-state index contributed by atoms with van der Waals surface area (Å²) < 4.78 is 22.0. The average molecular weight is 422 g/mol. The number of aryl methyl sites for hydroxylation is 1. The van der Waals surface area contributed by atoms with Crippen molar-refractivity contribution in [1.82, 2.24) is 4.98 Å². The van der Waals surface area contributed by atoms with Crippen LogP contribution in [-0.4, -0.2) is 38.8 Å². The maximum atomic E-state index is 13.1. The fourth-order valence-corrected chi connectivity index (χ4v) is 3.08. The lowest BCUT2D eigenvalue weighted by atomic mass is 10.1.